The highest BCUT2D eigenvalue weighted by atomic mass is 79.9. The molecule has 0 N–H and O–H groups in total. The monoisotopic (exact) mass is 630 g/mol. The molecule has 0 nitrogen and oxygen atoms in total. The molecular weight excluding hydrogens is 622 g/mol. The molecule has 0 saturated carbocycles. The molecule has 3 aromatic carbocycles. The Labute approximate surface area is 194 Å². The average Bonchev–Trinajstić information content (AvgIpc) is 2.66. The normalized spacial score (nSPS) is 18.2. The Morgan fingerprint density at radius 3 is 1.96 bits per heavy atom. The molecule has 0 fully saturated rings. The molecule has 3 aromatic rings. The molecule has 0 amide bonds. The van der Waals surface area contributed by atoms with Crippen LogP contribution in [0.4, 0.5) is 8.78 Å². The Bertz CT molecular complexity index is 1200. The van der Waals surface area contributed by atoms with Crippen molar-refractivity contribution >= 4 is 75.9 Å². The second kappa shape index (κ2) is 8.13. The Kier molecular flexibility index (Phi) is 5.94. The van der Waals surface area contributed by atoms with Crippen molar-refractivity contribution in [1.82, 2.24) is 0 Å². The lowest BCUT2D eigenvalue weighted by molar-refractivity contribution is 0.508. The van der Waals surface area contributed by atoms with Crippen LogP contribution in [0, 0.1) is 11.6 Å². The van der Waals surface area contributed by atoms with Gasteiger partial charge in [0, 0.05) is 29.7 Å². The number of benzene rings is 3. The smallest absolute Gasteiger partial charge is 0.159 e. The number of hydrogen-bond acceptors (Lipinski definition) is 0. The van der Waals surface area contributed by atoms with E-state index < -0.39 is 11.6 Å². The van der Waals surface area contributed by atoms with Crippen LogP contribution in [-0.2, 0) is 0 Å². The van der Waals surface area contributed by atoms with E-state index in [1.54, 1.807) is 0 Å². The van der Waals surface area contributed by atoms with E-state index in [1.165, 1.54) is 16.5 Å². The van der Waals surface area contributed by atoms with Gasteiger partial charge in [0.2, 0.25) is 0 Å². The maximum absolute atomic E-state index is 13.8. The number of rotatable bonds is 2. The molecule has 0 aliphatic heterocycles. The fourth-order valence-corrected chi connectivity index (χ4v) is 5.82. The van der Waals surface area contributed by atoms with E-state index in [4.69, 9.17) is 0 Å². The molecule has 0 bridgehead atoms. The van der Waals surface area contributed by atoms with Crippen molar-refractivity contribution in [1.29, 1.82) is 0 Å². The van der Waals surface area contributed by atoms with Crippen LogP contribution in [0.15, 0.2) is 61.9 Å². The lowest BCUT2D eigenvalue weighted by atomic mass is 9.89. The van der Waals surface area contributed by atoms with E-state index in [2.05, 4.69) is 88.0 Å². The van der Waals surface area contributed by atoms with Crippen LogP contribution in [0.2, 0.25) is 0 Å². The van der Waals surface area contributed by atoms with Gasteiger partial charge in [0.1, 0.15) is 0 Å². The lowest BCUT2D eigenvalue weighted by Gasteiger charge is -2.23. The van der Waals surface area contributed by atoms with E-state index in [0.717, 1.165) is 26.1 Å². The molecule has 2 unspecified atom stereocenters. The summed E-state index contributed by atoms with van der Waals surface area (Å²) in [5.74, 6) is -1.63. The molecule has 2 atom stereocenters. The zero-order chi connectivity index (χ0) is 20.0. The van der Waals surface area contributed by atoms with Crippen molar-refractivity contribution in [3.8, 4) is 11.1 Å². The fourth-order valence-electron chi connectivity index (χ4n) is 3.39. The van der Waals surface area contributed by atoms with E-state index >= 15 is 0 Å². The SMILES string of the molecule is Fc1cc(Br)c(-c2cc(Br)c(C3C=c4ccccc4=CC3Br)cc2Br)cc1F. The highest BCUT2D eigenvalue weighted by Crippen LogP contribution is 2.42. The highest BCUT2D eigenvalue weighted by molar-refractivity contribution is 9.11. The first-order chi connectivity index (χ1) is 13.3. The molecule has 6 heteroatoms. The average molecular weight is 634 g/mol. The van der Waals surface area contributed by atoms with E-state index in [0.29, 0.717) is 10.0 Å². The molecule has 0 heterocycles. The van der Waals surface area contributed by atoms with Crippen molar-refractivity contribution in [2.75, 3.05) is 0 Å². The van der Waals surface area contributed by atoms with Gasteiger partial charge >= 0.3 is 0 Å². The molecule has 4 rings (SSSR count). The first-order valence-electron chi connectivity index (χ1n) is 8.42. The minimum absolute atomic E-state index is 0.128. The Morgan fingerprint density at radius 1 is 0.679 bits per heavy atom. The Balaban J connectivity index is 1.83. The summed E-state index contributed by atoms with van der Waals surface area (Å²) in [6.45, 7) is 0. The number of fused-ring (bicyclic) bond motifs is 1. The van der Waals surface area contributed by atoms with Gasteiger partial charge in [-0.2, -0.15) is 0 Å². The molecule has 1 aliphatic carbocycles. The van der Waals surface area contributed by atoms with Gasteiger partial charge in [-0.3, -0.25) is 0 Å². The summed E-state index contributed by atoms with van der Waals surface area (Å²) in [7, 11) is 0. The predicted molar refractivity (Wildman–Crippen MR) is 125 cm³/mol. The van der Waals surface area contributed by atoms with Crippen molar-refractivity contribution in [2.24, 2.45) is 0 Å². The van der Waals surface area contributed by atoms with E-state index in [1.807, 2.05) is 24.3 Å². The van der Waals surface area contributed by atoms with Crippen molar-refractivity contribution in [2.45, 2.75) is 10.7 Å². The topological polar surface area (TPSA) is 0 Å². The van der Waals surface area contributed by atoms with Crippen molar-refractivity contribution in [3.05, 3.63) is 89.6 Å². The summed E-state index contributed by atoms with van der Waals surface area (Å²) in [6.07, 6.45) is 4.45. The van der Waals surface area contributed by atoms with Crippen LogP contribution in [0.3, 0.4) is 0 Å². The van der Waals surface area contributed by atoms with Gasteiger partial charge in [-0.05, 0) is 45.8 Å². The van der Waals surface area contributed by atoms with Gasteiger partial charge in [0.15, 0.2) is 11.6 Å². The Hall–Kier alpha value is -0.820. The van der Waals surface area contributed by atoms with Crippen LogP contribution in [0.1, 0.15) is 11.5 Å². The first-order valence-corrected chi connectivity index (χ1v) is 11.7. The third kappa shape index (κ3) is 3.81. The molecule has 0 radical (unpaired) electrons. The summed E-state index contributed by atoms with van der Waals surface area (Å²) in [5.41, 5.74) is 2.45. The minimum atomic E-state index is -0.879. The highest BCUT2D eigenvalue weighted by Gasteiger charge is 2.23. The zero-order valence-electron chi connectivity index (χ0n) is 14.2. The quantitative estimate of drug-likeness (QED) is 0.210. The molecule has 142 valence electrons. The van der Waals surface area contributed by atoms with E-state index in [9.17, 15) is 8.78 Å². The summed E-state index contributed by atoms with van der Waals surface area (Å²) >= 11 is 14.4. The van der Waals surface area contributed by atoms with Gasteiger partial charge in [0.05, 0.1) is 0 Å². The maximum atomic E-state index is 13.8. The predicted octanol–water partition coefficient (Wildman–Crippen LogP) is 7.04. The lowest BCUT2D eigenvalue weighted by Crippen LogP contribution is -2.32. The van der Waals surface area contributed by atoms with Gasteiger partial charge in [0.25, 0.3) is 0 Å². The largest absolute Gasteiger partial charge is 0.204 e. The summed E-state index contributed by atoms with van der Waals surface area (Å²) < 4.78 is 29.5. The number of hydrogen-bond donors (Lipinski definition) is 0. The van der Waals surface area contributed by atoms with Gasteiger partial charge in [-0.25, -0.2) is 8.78 Å². The third-order valence-electron chi connectivity index (χ3n) is 4.78. The first kappa shape index (κ1) is 20.5. The number of alkyl halides is 1. The van der Waals surface area contributed by atoms with Gasteiger partial charge < -0.3 is 0 Å². The molecule has 0 saturated heterocycles. The molecule has 1 aliphatic rings. The van der Waals surface area contributed by atoms with Crippen molar-refractivity contribution in [3.63, 3.8) is 0 Å². The second-order valence-corrected chi connectivity index (χ2v) is 10.2. The molecule has 0 spiro atoms. The maximum Gasteiger partial charge on any atom is 0.159 e. The molecular formula is C22H12Br4F2. The van der Waals surface area contributed by atoms with Crippen LogP contribution < -0.4 is 10.4 Å². The fraction of sp³-hybridized carbons (Fsp3) is 0.0909. The minimum Gasteiger partial charge on any atom is -0.204 e. The second-order valence-electron chi connectivity index (χ2n) is 6.53. The summed E-state index contributed by atoms with van der Waals surface area (Å²) in [4.78, 5) is 0.145. The Morgan fingerprint density at radius 2 is 1.25 bits per heavy atom. The standard InChI is InChI=1S/C22H12Br4F2/c23-17-6-12-4-2-1-3-11(12)5-13(17)14-7-19(25)15(8-18(14)24)16-9-21(27)22(28)10-20(16)26/h1-10,13,17H. The van der Waals surface area contributed by atoms with Crippen LogP contribution in [0.25, 0.3) is 23.3 Å². The van der Waals surface area contributed by atoms with E-state index in [-0.39, 0.29) is 10.7 Å². The van der Waals surface area contributed by atoms with Crippen LogP contribution in [-0.4, -0.2) is 4.83 Å². The summed E-state index contributed by atoms with van der Waals surface area (Å²) in [6, 6.07) is 14.6. The number of halogens is 6. The van der Waals surface area contributed by atoms with Gasteiger partial charge in [-0.1, -0.05) is 100 Å². The molecule has 0 aromatic heterocycles. The third-order valence-corrected chi connectivity index (χ3v) is 7.62. The van der Waals surface area contributed by atoms with Crippen LogP contribution in [0.5, 0.6) is 0 Å². The van der Waals surface area contributed by atoms with Crippen LogP contribution >= 0.6 is 63.7 Å². The zero-order valence-corrected chi connectivity index (χ0v) is 20.5. The summed E-state index contributed by atoms with van der Waals surface area (Å²) in [5, 5.41) is 2.40. The van der Waals surface area contributed by atoms with Crippen molar-refractivity contribution < 1.29 is 8.78 Å². The van der Waals surface area contributed by atoms with Gasteiger partial charge in [-0.15, -0.1) is 0 Å². The molecule has 28 heavy (non-hydrogen) atoms.